The molecule has 2 nitrogen and oxygen atoms in total. The number of hydrogen-bond donors (Lipinski definition) is 1. The molecule has 17 heavy (non-hydrogen) atoms. The number of fused-ring (bicyclic) bond motifs is 1. The fraction of sp³-hybridized carbons (Fsp3) is 0.600. The Morgan fingerprint density at radius 3 is 2.71 bits per heavy atom. The molecule has 2 aliphatic heterocycles. The molecule has 2 heteroatoms. The van der Waals surface area contributed by atoms with Crippen molar-refractivity contribution in [2.24, 2.45) is 0 Å². The lowest BCUT2D eigenvalue weighted by Gasteiger charge is -2.35. The first-order chi connectivity index (χ1) is 8.36. The van der Waals surface area contributed by atoms with E-state index in [0.29, 0.717) is 0 Å². The Morgan fingerprint density at radius 2 is 1.94 bits per heavy atom. The van der Waals surface area contributed by atoms with Crippen molar-refractivity contribution in [3.05, 3.63) is 29.8 Å². The lowest BCUT2D eigenvalue weighted by Crippen LogP contribution is -2.37. The molecular weight excluding hydrogens is 208 g/mol. The average Bonchev–Trinajstić information content (AvgIpc) is 2.86. The smallest absolute Gasteiger partial charge is 0.0337 e. The van der Waals surface area contributed by atoms with Crippen LogP contribution in [0.2, 0.25) is 0 Å². The van der Waals surface area contributed by atoms with Gasteiger partial charge in [-0.3, -0.25) is 0 Å². The van der Waals surface area contributed by atoms with Crippen molar-refractivity contribution in [3.8, 4) is 0 Å². The van der Waals surface area contributed by atoms with Crippen LogP contribution in [0.1, 0.15) is 37.2 Å². The minimum Gasteiger partial charge on any atom is -0.388 e. The Balaban J connectivity index is 1.71. The van der Waals surface area contributed by atoms with E-state index < -0.39 is 0 Å². The van der Waals surface area contributed by atoms with Gasteiger partial charge < -0.3 is 10.2 Å². The van der Waals surface area contributed by atoms with Gasteiger partial charge in [0.05, 0.1) is 0 Å². The molecule has 2 heterocycles. The second-order valence-corrected chi connectivity index (χ2v) is 5.43. The Morgan fingerprint density at radius 1 is 1.12 bits per heavy atom. The SMILES string of the molecule is CNc1ccc(C2CCN3CCCC3C2)cc1. The summed E-state index contributed by atoms with van der Waals surface area (Å²) in [5.74, 6) is 0.792. The fourth-order valence-electron chi connectivity index (χ4n) is 3.45. The summed E-state index contributed by atoms with van der Waals surface area (Å²) >= 11 is 0. The van der Waals surface area contributed by atoms with Gasteiger partial charge in [0.1, 0.15) is 0 Å². The van der Waals surface area contributed by atoms with Crippen molar-refractivity contribution in [1.82, 2.24) is 4.90 Å². The zero-order valence-corrected chi connectivity index (χ0v) is 10.7. The van der Waals surface area contributed by atoms with Crippen LogP contribution in [0.4, 0.5) is 5.69 Å². The molecule has 2 atom stereocenters. The summed E-state index contributed by atoms with van der Waals surface area (Å²) in [5.41, 5.74) is 2.75. The van der Waals surface area contributed by atoms with Crippen molar-refractivity contribution in [2.75, 3.05) is 25.5 Å². The molecule has 2 unspecified atom stereocenters. The van der Waals surface area contributed by atoms with Crippen LogP contribution in [0.5, 0.6) is 0 Å². The third-order valence-electron chi connectivity index (χ3n) is 4.49. The maximum absolute atomic E-state index is 3.19. The summed E-state index contributed by atoms with van der Waals surface area (Å²) in [6.07, 6.45) is 5.55. The minimum atomic E-state index is 0.792. The van der Waals surface area contributed by atoms with E-state index >= 15 is 0 Å². The number of benzene rings is 1. The van der Waals surface area contributed by atoms with Crippen LogP contribution in [0.25, 0.3) is 0 Å². The van der Waals surface area contributed by atoms with Gasteiger partial charge in [0.25, 0.3) is 0 Å². The number of nitrogens with zero attached hydrogens (tertiary/aromatic N) is 1. The van der Waals surface area contributed by atoms with Crippen LogP contribution in [-0.4, -0.2) is 31.1 Å². The van der Waals surface area contributed by atoms with Crippen molar-refractivity contribution in [2.45, 2.75) is 37.6 Å². The van der Waals surface area contributed by atoms with Gasteiger partial charge in [-0.1, -0.05) is 12.1 Å². The predicted molar refractivity (Wildman–Crippen MR) is 72.6 cm³/mol. The average molecular weight is 230 g/mol. The first-order valence-electron chi connectivity index (χ1n) is 6.88. The largest absolute Gasteiger partial charge is 0.388 e. The van der Waals surface area contributed by atoms with Crippen LogP contribution in [0, 0.1) is 0 Å². The van der Waals surface area contributed by atoms with E-state index in [1.807, 2.05) is 7.05 Å². The highest BCUT2D eigenvalue weighted by Gasteiger charge is 2.31. The van der Waals surface area contributed by atoms with Gasteiger partial charge in [0, 0.05) is 18.8 Å². The highest BCUT2D eigenvalue weighted by atomic mass is 15.2. The van der Waals surface area contributed by atoms with E-state index in [9.17, 15) is 0 Å². The van der Waals surface area contributed by atoms with Gasteiger partial charge in [0.2, 0.25) is 0 Å². The molecular formula is C15H22N2. The van der Waals surface area contributed by atoms with E-state index in [1.54, 1.807) is 0 Å². The number of hydrogen-bond acceptors (Lipinski definition) is 2. The van der Waals surface area contributed by atoms with Gasteiger partial charge >= 0.3 is 0 Å². The quantitative estimate of drug-likeness (QED) is 0.840. The molecule has 1 aromatic carbocycles. The first kappa shape index (κ1) is 11.1. The summed E-state index contributed by atoms with van der Waals surface area (Å²) in [7, 11) is 1.98. The van der Waals surface area contributed by atoms with E-state index in [1.165, 1.54) is 50.0 Å². The van der Waals surface area contributed by atoms with E-state index in [0.717, 1.165) is 12.0 Å². The number of piperidine rings is 1. The third kappa shape index (κ3) is 2.19. The summed E-state index contributed by atoms with van der Waals surface area (Å²) in [6.45, 7) is 2.65. The van der Waals surface area contributed by atoms with Gasteiger partial charge in [-0.05, 0) is 62.4 Å². The van der Waals surface area contributed by atoms with Crippen molar-refractivity contribution < 1.29 is 0 Å². The van der Waals surface area contributed by atoms with E-state index in [-0.39, 0.29) is 0 Å². The van der Waals surface area contributed by atoms with E-state index in [4.69, 9.17) is 0 Å². The second-order valence-electron chi connectivity index (χ2n) is 5.43. The normalized spacial score (nSPS) is 29.0. The molecule has 0 radical (unpaired) electrons. The van der Waals surface area contributed by atoms with Crippen LogP contribution in [0.3, 0.4) is 0 Å². The van der Waals surface area contributed by atoms with Gasteiger partial charge in [-0.15, -0.1) is 0 Å². The number of nitrogens with one attached hydrogen (secondary N) is 1. The molecule has 0 bridgehead atoms. The summed E-state index contributed by atoms with van der Waals surface area (Å²) < 4.78 is 0. The number of rotatable bonds is 2. The third-order valence-corrected chi connectivity index (χ3v) is 4.49. The molecule has 1 N–H and O–H groups in total. The molecule has 0 amide bonds. The monoisotopic (exact) mass is 230 g/mol. The van der Waals surface area contributed by atoms with Crippen LogP contribution >= 0.6 is 0 Å². The molecule has 2 aliphatic rings. The molecule has 2 fully saturated rings. The Bertz CT molecular complexity index is 371. The standard InChI is InChI=1S/C15H22N2/c1-16-14-6-4-12(5-7-14)13-8-10-17-9-2-3-15(17)11-13/h4-7,13,15-16H,2-3,8-11H2,1H3. The molecule has 2 saturated heterocycles. The predicted octanol–water partition coefficient (Wildman–Crippen LogP) is 3.07. The number of anilines is 1. The first-order valence-corrected chi connectivity index (χ1v) is 6.88. The minimum absolute atomic E-state index is 0.792. The van der Waals surface area contributed by atoms with Crippen LogP contribution in [-0.2, 0) is 0 Å². The fourth-order valence-corrected chi connectivity index (χ4v) is 3.45. The molecule has 0 saturated carbocycles. The van der Waals surface area contributed by atoms with Crippen molar-refractivity contribution >= 4 is 5.69 Å². The molecule has 1 aromatic rings. The second kappa shape index (κ2) is 4.69. The van der Waals surface area contributed by atoms with Crippen LogP contribution in [0.15, 0.2) is 24.3 Å². The summed E-state index contributed by atoms with van der Waals surface area (Å²) in [6, 6.07) is 9.90. The Hall–Kier alpha value is -1.02. The maximum Gasteiger partial charge on any atom is 0.0337 e. The zero-order valence-electron chi connectivity index (χ0n) is 10.7. The molecule has 92 valence electrons. The molecule has 0 spiro atoms. The van der Waals surface area contributed by atoms with Gasteiger partial charge in [-0.25, -0.2) is 0 Å². The highest BCUT2D eigenvalue weighted by molar-refractivity contribution is 5.44. The van der Waals surface area contributed by atoms with Gasteiger partial charge in [-0.2, -0.15) is 0 Å². The summed E-state index contributed by atoms with van der Waals surface area (Å²) in [5, 5.41) is 3.19. The van der Waals surface area contributed by atoms with Crippen molar-refractivity contribution in [3.63, 3.8) is 0 Å². The summed E-state index contributed by atoms with van der Waals surface area (Å²) in [4.78, 5) is 2.69. The van der Waals surface area contributed by atoms with Crippen molar-refractivity contribution in [1.29, 1.82) is 0 Å². The highest BCUT2D eigenvalue weighted by Crippen LogP contribution is 2.36. The maximum atomic E-state index is 3.19. The van der Waals surface area contributed by atoms with Gasteiger partial charge in [0.15, 0.2) is 0 Å². The lowest BCUT2D eigenvalue weighted by atomic mass is 9.85. The molecule has 3 rings (SSSR count). The Labute approximate surface area is 104 Å². The lowest BCUT2D eigenvalue weighted by molar-refractivity contribution is 0.181. The molecule has 0 aromatic heterocycles. The molecule has 0 aliphatic carbocycles. The topological polar surface area (TPSA) is 15.3 Å². The Kier molecular flexibility index (Phi) is 3.06. The van der Waals surface area contributed by atoms with Crippen LogP contribution < -0.4 is 5.32 Å². The van der Waals surface area contributed by atoms with E-state index in [2.05, 4.69) is 34.5 Å². The zero-order chi connectivity index (χ0) is 11.7.